The van der Waals surface area contributed by atoms with Gasteiger partial charge in [-0.2, -0.15) is 0 Å². The van der Waals surface area contributed by atoms with Gasteiger partial charge in [0.25, 0.3) is 0 Å². The Kier molecular flexibility index (Phi) is 11.9. The van der Waals surface area contributed by atoms with Crippen LogP contribution in [-0.4, -0.2) is 71.0 Å². The zero-order chi connectivity index (χ0) is 29.9. The van der Waals surface area contributed by atoms with Crippen molar-refractivity contribution in [1.82, 2.24) is 9.71 Å². The molecule has 1 radical (unpaired) electrons. The van der Waals surface area contributed by atoms with E-state index in [2.05, 4.69) is 83.1 Å². The summed E-state index contributed by atoms with van der Waals surface area (Å²) in [4.78, 5) is 16.1. The molecular weight excluding hydrogens is 523 g/mol. The van der Waals surface area contributed by atoms with Gasteiger partial charge in [-0.3, -0.25) is 4.90 Å². The molecule has 0 bridgehead atoms. The van der Waals surface area contributed by atoms with Crippen molar-refractivity contribution in [2.45, 2.75) is 147 Å². The van der Waals surface area contributed by atoms with Gasteiger partial charge in [0.15, 0.2) is 8.32 Å². The lowest BCUT2D eigenvalue weighted by atomic mass is 9.93. The van der Waals surface area contributed by atoms with Gasteiger partial charge in [0.2, 0.25) is 8.32 Å². The van der Waals surface area contributed by atoms with Crippen molar-refractivity contribution >= 4 is 30.1 Å². The smallest absolute Gasteiger partial charge is 0.392 e. The molecule has 2 amide bonds. The molecule has 8 nitrogen and oxygen atoms in total. The quantitative estimate of drug-likeness (QED) is 0.251. The molecule has 1 unspecified atom stereocenters. The molecule has 2 aliphatic rings. The van der Waals surface area contributed by atoms with Crippen LogP contribution in [-0.2, 0) is 13.6 Å². The molecule has 0 spiro atoms. The second kappa shape index (κ2) is 13.7. The van der Waals surface area contributed by atoms with E-state index in [0.717, 1.165) is 7.41 Å². The van der Waals surface area contributed by atoms with Gasteiger partial charge in [0, 0.05) is 18.6 Å². The summed E-state index contributed by atoms with van der Waals surface area (Å²) in [6.45, 7) is 27.9. The molecule has 4 atom stereocenters. The van der Waals surface area contributed by atoms with Crippen LogP contribution in [0.15, 0.2) is 12.3 Å². The summed E-state index contributed by atoms with van der Waals surface area (Å²) < 4.78 is 20.9. The molecule has 39 heavy (non-hydrogen) atoms. The Morgan fingerprint density at radius 1 is 0.974 bits per heavy atom. The number of hydrogen-bond donors (Lipinski definition) is 1. The first-order valence-electron chi connectivity index (χ1n) is 14.8. The lowest BCUT2D eigenvalue weighted by Gasteiger charge is -2.45. The summed E-state index contributed by atoms with van der Waals surface area (Å²) in [5.41, 5.74) is 8.68. The van der Waals surface area contributed by atoms with Crippen LogP contribution in [0, 0.1) is 11.2 Å². The maximum absolute atomic E-state index is 13.3. The van der Waals surface area contributed by atoms with Gasteiger partial charge in [0.1, 0.15) is 12.3 Å². The summed E-state index contributed by atoms with van der Waals surface area (Å²) in [5.74, 6) is 1.93. The van der Waals surface area contributed by atoms with E-state index in [1.165, 1.54) is 4.81 Å². The molecule has 0 aromatic heterocycles. The maximum Gasteiger partial charge on any atom is 0.392 e. The monoisotopic (exact) mass is 577 g/mol. The summed E-state index contributed by atoms with van der Waals surface area (Å²) in [7, 11) is -3.21. The first kappa shape index (κ1) is 34.0. The number of amides is 2. The first-order valence-corrected chi connectivity index (χ1v) is 19.1. The van der Waals surface area contributed by atoms with E-state index in [-0.39, 0.29) is 18.2 Å². The van der Waals surface area contributed by atoms with Crippen LogP contribution in [0.25, 0.3) is 0 Å². The molecular formula is C28H54BN4O4Si2. The van der Waals surface area contributed by atoms with Gasteiger partial charge in [-0.05, 0) is 39.3 Å². The van der Waals surface area contributed by atoms with Crippen LogP contribution in [0.1, 0.15) is 89.5 Å². The van der Waals surface area contributed by atoms with Gasteiger partial charge in [-0.25, -0.2) is 10.1 Å². The fourth-order valence-corrected chi connectivity index (χ4v) is 18.6. The van der Waals surface area contributed by atoms with Crippen molar-refractivity contribution in [3.05, 3.63) is 12.3 Å². The van der Waals surface area contributed by atoms with Gasteiger partial charge in [0.05, 0.1) is 18.9 Å². The van der Waals surface area contributed by atoms with Crippen LogP contribution in [0.2, 0.25) is 33.2 Å². The largest absolute Gasteiger partial charge is 0.413 e. The van der Waals surface area contributed by atoms with Crippen molar-refractivity contribution in [1.29, 1.82) is 5.26 Å². The molecule has 2 aliphatic heterocycles. The average Bonchev–Trinajstić information content (AvgIpc) is 3.21. The van der Waals surface area contributed by atoms with E-state index in [0.29, 0.717) is 46.3 Å². The highest BCUT2D eigenvalue weighted by molar-refractivity contribution is 6.78. The molecule has 1 saturated heterocycles. The minimum atomic E-state index is -2.23. The summed E-state index contributed by atoms with van der Waals surface area (Å²) in [5, 5.41) is 9.20. The van der Waals surface area contributed by atoms with Crippen LogP contribution < -0.4 is 5.73 Å². The number of nitrogens with zero attached hydrogens (tertiary/aromatic N) is 3. The number of ether oxygens (including phenoxy) is 1. The molecule has 221 valence electrons. The number of carbonyl (C=O) groups excluding carboxylic acids is 1. The third kappa shape index (κ3) is 6.68. The first-order chi connectivity index (χ1) is 18.1. The fourth-order valence-electron chi connectivity index (χ4n) is 7.56. The van der Waals surface area contributed by atoms with Gasteiger partial charge in [-0.15, -0.1) is 0 Å². The molecule has 2 rings (SSSR count). The normalized spacial score (nSPS) is 24.8. The Labute approximate surface area is 241 Å². The lowest BCUT2D eigenvalue weighted by Crippen LogP contribution is -2.56. The zero-order valence-electron chi connectivity index (χ0n) is 26.5. The molecule has 11 heteroatoms. The highest BCUT2D eigenvalue weighted by atomic mass is 28.4. The Balaban J connectivity index is 2.46. The van der Waals surface area contributed by atoms with E-state index >= 15 is 0 Å². The maximum atomic E-state index is 13.3. The Bertz CT molecular complexity index is 850. The highest BCUT2D eigenvalue weighted by Gasteiger charge is 2.52. The van der Waals surface area contributed by atoms with E-state index in [4.69, 9.17) is 19.3 Å². The predicted octanol–water partition coefficient (Wildman–Crippen LogP) is 6.49. The van der Waals surface area contributed by atoms with Crippen molar-refractivity contribution in [2.24, 2.45) is 5.73 Å². The topological polar surface area (TPSA) is 101 Å². The minimum absolute atomic E-state index is 0.197. The molecule has 0 aromatic rings. The number of rotatable bonds is 13. The summed E-state index contributed by atoms with van der Waals surface area (Å²) in [6, 6.07) is -0.368. The molecule has 0 aliphatic carbocycles. The Morgan fingerprint density at radius 3 is 1.90 bits per heavy atom. The van der Waals surface area contributed by atoms with Gasteiger partial charge >= 0.3 is 13.4 Å². The van der Waals surface area contributed by atoms with Crippen LogP contribution >= 0.6 is 0 Å². The average molecular weight is 578 g/mol. The Morgan fingerprint density at radius 2 is 1.46 bits per heavy atom. The van der Waals surface area contributed by atoms with E-state index in [1.54, 1.807) is 17.2 Å². The molecule has 2 heterocycles. The third-order valence-corrected chi connectivity index (χ3v) is 21.4. The van der Waals surface area contributed by atoms with E-state index < -0.39 is 29.0 Å². The van der Waals surface area contributed by atoms with Crippen molar-refractivity contribution in [3.63, 3.8) is 0 Å². The number of carbonyl (C=O) groups is 1. The summed E-state index contributed by atoms with van der Waals surface area (Å²) >= 11 is 0. The van der Waals surface area contributed by atoms with Crippen LogP contribution in [0.4, 0.5) is 4.79 Å². The van der Waals surface area contributed by atoms with Crippen molar-refractivity contribution in [3.8, 4) is 5.97 Å². The number of urea groups is 1. The van der Waals surface area contributed by atoms with Gasteiger partial charge in [-0.1, -0.05) is 83.1 Å². The molecule has 2 N–H and O–H groups in total. The molecule has 1 fully saturated rings. The van der Waals surface area contributed by atoms with Gasteiger partial charge < -0.3 is 24.1 Å². The van der Waals surface area contributed by atoms with Crippen LogP contribution in [0.3, 0.4) is 0 Å². The molecule has 0 saturated carbocycles. The highest BCUT2D eigenvalue weighted by Crippen LogP contribution is 2.46. The number of nitriles is 1. The second-order valence-corrected chi connectivity index (χ2v) is 24.0. The number of hydrogen-bond acceptors (Lipinski definition) is 6. The van der Waals surface area contributed by atoms with Crippen molar-refractivity contribution in [2.75, 3.05) is 6.61 Å². The van der Waals surface area contributed by atoms with E-state index in [1.807, 2.05) is 5.97 Å². The predicted molar refractivity (Wildman–Crippen MR) is 164 cm³/mol. The fraction of sp³-hybridized carbons (Fsp3) is 0.857. The lowest BCUT2D eigenvalue weighted by molar-refractivity contribution is -0.0532. The number of nitrogens with two attached hydrogens (primary N) is 1. The Hall–Kier alpha value is -1.16. The van der Waals surface area contributed by atoms with Crippen LogP contribution in [0.5, 0.6) is 0 Å². The SMILES string of the molecule is CC(C)[Si](OC[C@H]1O[C@@H](N2C=CC(N)N([B]C#N)C2=O)C[C@@H]1O[Si](C(C)C)(C(C)C)C(C)C)(C(C)C)C(C)C. The second-order valence-electron chi connectivity index (χ2n) is 13.2. The minimum Gasteiger partial charge on any atom is -0.413 e. The molecule has 0 aromatic carbocycles. The summed E-state index contributed by atoms with van der Waals surface area (Å²) in [6.07, 6.45) is 2.23. The standard InChI is InChI=1S/C28H54BN4O4Si2/c1-18(2)38(19(3)4,20(5)6)35-16-25-24(37-39(21(7)8,22(9)10)23(11)12)15-27(36-25)32-14-13-26(31)33(28(32)34)29-17-30/h13-14,18-27H,15-16,31H2,1-12H3/t24-,25+,26?,27+/m0/s1. The zero-order valence-corrected chi connectivity index (χ0v) is 28.5. The third-order valence-electron chi connectivity index (χ3n) is 9.16. The van der Waals surface area contributed by atoms with E-state index in [9.17, 15) is 10.1 Å². The van der Waals surface area contributed by atoms with Crippen molar-refractivity contribution < 1.29 is 18.4 Å².